The summed E-state index contributed by atoms with van der Waals surface area (Å²) in [6, 6.07) is 10.5. The van der Waals surface area contributed by atoms with Gasteiger partial charge in [-0.3, -0.25) is 9.59 Å². The predicted octanol–water partition coefficient (Wildman–Crippen LogP) is 3.24. The first-order valence-electron chi connectivity index (χ1n) is 9.96. The van der Waals surface area contributed by atoms with Crippen LogP contribution in [0.4, 0.5) is 0 Å². The van der Waals surface area contributed by atoms with E-state index >= 15 is 0 Å². The Kier molecular flexibility index (Phi) is 6.90. The molecule has 1 aliphatic rings. The zero-order valence-electron chi connectivity index (χ0n) is 17.1. The molecule has 29 heavy (non-hydrogen) atoms. The number of Topliss-reactive ketones (excluding diaryl/α,β-unsaturated/α-hetero) is 1. The Morgan fingerprint density at radius 2 is 1.90 bits per heavy atom. The quantitative estimate of drug-likeness (QED) is 0.447. The number of aryl methyl sites for hydroxylation is 1. The number of likely N-dealkylation sites (tertiary alicyclic amines) is 1. The van der Waals surface area contributed by atoms with Crippen LogP contribution in [0.1, 0.15) is 48.3 Å². The molecule has 1 amide bonds. The maximum Gasteiger partial charge on any atom is 0.346 e. The lowest BCUT2D eigenvalue weighted by atomic mass is 9.90. The third-order valence-electron chi connectivity index (χ3n) is 5.37. The lowest BCUT2D eigenvalue weighted by Crippen LogP contribution is -2.42. The van der Waals surface area contributed by atoms with E-state index in [1.54, 1.807) is 6.92 Å². The summed E-state index contributed by atoms with van der Waals surface area (Å²) in [4.78, 5) is 45.0. The van der Waals surface area contributed by atoms with E-state index in [4.69, 9.17) is 0 Å². The molecule has 0 saturated carbocycles. The second-order valence-corrected chi connectivity index (χ2v) is 8.95. The van der Waals surface area contributed by atoms with Crippen LogP contribution in [-0.2, 0) is 11.2 Å². The molecule has 0 bridgehead atoms. The van der Waals surface area contributed by atoms with Crippen LogP contribution in [0.25, 0.3) is 0 Å². The number of aromatic amines is 1. The number of rotatable bonds is 6. The van der Waals surface area contributed by atoms with Crippen molar-refractivity contribution in [1.82, 2.24) is 14.9 Å². The van der Waals surface area contributed by atoms with Crippen LogP contribution in [-0.4, -0.2) is 44.9 Å². The van der Waals surface area contributed by atoms with E-state index < -0.39 is 10.9 Å². The molecule has 0 radical (unpaired) electrons. The smallest absolute Gasteiger partial charge is 0.342 e. The van der Waals surface area contributed by atoms with Gasteiger partial charge in [-0.25, -0.2) is 4.79 Å². The summed E-state index contributed by atoms with van der Waals surface area (Å²) in [6.45, 7) is 6.40. The van der Waals surface area contributed by atoms with Gasteiger partial charge in [-0.1, -0.05) is 42.1 Å². The average Bonchev–Trinajstić information content (AvgIpc) is 2.68. The maximum atomic E-state index is 12.9. The molecular weight excluding hydrogens is 386 g/mol. The first-order valence-corrected chi connectivity index (χ1v) is 10.8. The highest BCUT2D eigenvalue weighted by molar-refractivity contribution is 8.00. The Hall–Kier alpha value is -2.41. The SMILES string of the molecule is CC(=O)c1c(SC(C)C(=O)N2CCC(Cc3ccccc3)CC2)nc(=O)[nH]c1C. The highest BCUT2D eigenvalue weighted by Gasteiger charge is 2.28. The van der Waals surface area contributed by atoms with Crippen LogP contribution in [0.15, 0.2) is 40.2 Å². The summed E-state index contributed by atoms with van der Waals surface area (Å²) in [7, 11) is 0. The van der Waals surface area contributed by atoms with Crippen molar-refractivity contribution in [2.24, 2.45) is 5.92 Å². The van der Waals surface area contributed by atoms with Crippen LogP contribution in [0.5, 0.6) is 0 Å². The van der Waals surface area contributed by atoms with Gasteiger partial charge in [0.2, 0.25) is 5.91 Å². The van der Waals surface area contributed by atoms with Crippen LogP contribution < -0.4 is 5.69 Å². The van der Waals surface area contributed by atoms with Crippen LogP contribution in [0.3, 0.4) is 0 Å². The van der Waals surface area contributed by atoms with E-state index in [-0.39, 0.29) is 11.7 Å². The van der Waals surface area contributed by atoms with E-state index in [2.05, 4.69) is 34.2 Å². The molecule has 7 heteroatoms. The summed E-state index contributed by atoms with van der Waals surface area (Å²) in [5.41, 5.74) is 1.71. The fraction of sp³-hybridized carbons (Fsp3) is 0.455. The lowest BCUT2D eigenvalue weighted by molar-refractivity contribution is -0.131. The second kappa shape index (κ2) is 9.39. The van der Waals surface area contributed by atoms with Gasteiger partial charge in [0.05, 0.1) is 10.8 Å². The van der Waals surface area contributed by atoms with Crippen molar-refractivity contribution in [3.63, 3.8) is 0 Å². The number of nitrogens with one attached hydrogen (secondary N) is 1. The second-order valence-electron chi connectivity index (χ2n) is 7.62. The van der Waals surface area contributed by atoms with Crippen molar-refractivity contribution >= 4 is 23.5 Å². The topological polar surface area (TPSA) is 83.1 Å². The van der Waals surface area contributed by atoms with Crippen molar-refractivity contribution in [2.45, 2.75) is 50.3 Å². The minimum absolute atomic E-state index is 0.0300. The molecule has 6 nitrogen and oxygen atoms in total. The van der Waals surface area contributed by atoms with Gasteiger partial charge in [0.25, 0.3) is 0 Å². The largest absolute Gasteiger partial charge is 0.346 e. The summed E-state index contributed by atoms with van der Waals surface area (Å²) >= 11 is 1.19. The van der Waals surface area contributed by atoms with Crippen molar-refractivity contribution in [3.8, 4) is 0 Å². The maximum absolute atomic E-state index is 12.9. The fourth-order valence-corrected chi connectivity index (χ4v) is 4.97. The standard InChI is InChI=1S/C22H27N3O3S/c1-14-19(15(2)26)20(24-22(28)23-14)29-16(3)21(27)25-11-9-18(10-12-25)13-17-7-5-4-6-8-17/h4-8,16,18H,9-13H2,1-3H3,(H,23,24,28). The molecule has 1 N–H and O–H groups in total. The molecule has 154 valence electrons. The molecule has 1 saturated heterocycles. The van der Waals surface area contributed by atoms with Crippen molar-refractivity contribution in [1.29, 1.82) is 0 Å². The fourth-order valence-electron chi connectivity index (χ4n) is 3.84. The number of hydrogen-bond acceptors (Lipinski definition) is 5. The van der Waals surface area contributed by atoms with Gasteiger partial charge < -0.3 is 9.88 Å². The first-order chi connectivity index (χ1) is 13.8. The number of thioether (sulfide) groups is 1. The normalized spacial score (nSPS) is 15.9. The number of hydrogen-bond donors (Lipinski definition) is 1. The zero-order chi connectivity index (χ0) is 21.0. The van der Waals surface area contributed by atoms with Gasteiger partial charge in [0.15, 0.2) is 5.78 Å². The van der Waals surface area contributed by atoms with Crippen LogP contribution in [0, 0.1) is 12.8 Å². The number of piperidine rings is 1. The molecule has 1 aromatic carbocycles. The zero-order valence-corrected chi connectivity index (χ0v) is 17.9. The summed E-state index contributed by atoms with van der Waals surface area (Å²) in [5, 5.41) is -0.0777. The van der Waals surface area contributed by atoms with E-state index in [1.807, 2.05) is 17.9 Å². The Bertz CT molecular complexity index is 934. The van der Waals surface area contributed by atoms with Crippen molar-refractivity contribution in [3.05, 3.63) is 57.6 Å². The van der Waals surface area contributed by atoms with Crippen LogP contribution in [0.2, 0.25) is 0 Å². The van der Waals surface area contributed by atoms with Crippen molar-refractivity contribution < 1.29 is 9.59 Å². The lowest BCUT2D eigenvalue weighted by Gasteiger charge is -2.33. The Balaban J connectivity index is 1.60. The van der Waals surface area contributed by atoms with Crippen molar-refractivity contribution in [2.75, 3.05) is 13.1 Å². The minimum Gasteiger partial charge on any atom is -0.342 e. The molecule has 1 atom stereocenters. The van der Waals surface area contributed by atoms with Gasteiger partial charge in [0, 0.05) is 18.8 Å². The first kappa shape index (κ1) is 21.3. The van der Waals surface area contributed by atoms with Crippen LogP contribution >= 0.6 is 11.8 Å². The highest BCUT2D eigenvalue weighted by atomic mass is 32.2. The van der Waals surface area contributed by atoms with E-state index in [9.17, 15) is 14.4 Å². The summed E-state index contributed by atoms with van der Waals surface area (Å²) in [6.07, 6.45) is 3.02. The number of benzene rings is 1. The third kappa shape index (κ3) is 5.35. The molecule has 1 aromatic heterocycles. The minimum atomic E-state index is -0.503. The van der Waals surface area contributed by atoms with Gasteiger partial charge in [-0.05, 0) is 51.5 Å². The summed E-state index contributed by atoms with van der Waals surface area (Å²) in [5.74, 6) is 0.447. The summed E-state index contributed by atoms with van der Waals surface area (Å²) < 4.78 is 0. The number of aromatic nitrogens is 2. The van der Waals surface area contributed by atoms with E-state index in [1.165, 1.54) is 24.2 Å². The predicted molar refractivity (Wildman–Crippen MR) is 114 cm³/mol. The number of carbonyl (C=O) groups excluding carboxylic acids is 2. The monoisotopic (exact) mass is 413 g/mol. The van der Waals surface area contributed by atoms with E-state index in [0.29, 0.717) is 22.2 Å². The Morgan fingerprint density at radius 1 is 1.24 bits per heavy atom. The van der Waals surface area contributed by atoms with Gasteiger partial charge in [-0.2, -0.15) is 4.98 Å². The van der Waals surface area contributed by atoms with Gasteiger partial charge in [-0.15, -0.1) is 0 Å². The number of amides is 1. The van der Waals surface area contributed by atoms with E-state index in [0.717, 1.165) is 32.4 Å². The molecular formula is C22H27N3O3S. The van der Waals surface area contributed by atoms with Gasteiger partial charge in [0.1, 0.15) is 5.03 Å². The molecule has 1 aliphatic heterocycles. The Morgan fingerprint density at radius 3 is 2.52 bits per heavy atom. The van der Waals surface area contributed by atoms with Gasteiger partial charge >= 0.3 is 5.69 Å². The number of H-pyrrole nitrogens is 1. The molecule has 1 unspecified atom stereocenters. The average molecular weight is 414 g/mol. The number of nitrogens with zero attached hydrogens (tertiary/aromatic N) is 2. The molecule has 1 fully saturated rings. The molecule has 3 rings (SSSR count). The molecule has 2 heterocycles. The Labute approximate surface area is 175 Å². The molecule has 2 aromatic rings. The number of carbonyl (C=O) groups is 2. The highest BCUT2D eigenvalue weighted by Crippen LogP contribution is 2.28. The number of ketones is 1. The third-order valence-corrected chi connectivity index (χ3v) is 6.44. The molecule has 0 aliphatic carbocycles. The molecule has 0 spiro atoms.